The smallest absolute Gasteiger partial charge is 0.356 e. The van der Waals surface area contributed by atoms with Crippen LogP contribution in [0.25, 0.3) is 11.1 Å². The van der Waals surface area contributed by atoms with Gasteiger partial charge in [-0.3, -0.25) is 9.52 Å². The Kier molecular flexibility index (Phi) is 6.55. The lowest BCUT2D eigenvalue weighted by atomic mass is 10.0. The third-order valence-corrected chi connectivity index (χ3v) is 6.28. The summed E-state index contributed by atoms with van der Waals surface area (Å²) in [4.78, 5) is 23.0. The van der Waals surface area contributed by atoms with E-state index in [1.54, 1.807) is 24.3 Å². The number of benzene rings is 2. The summed E-state index contributed by atoms with van der Waals surface area (Å²) in [6.07, 6.45) is 1.08. The van der Waals surface area contributed by atoms with E-state index in [0.717, 1.165) is 18.1 Å². The molecule has 1 aromatic heterocycles. The second-order valence-corrected chi connectivity index (χ2v) is 8.80. The van der Waals surface area contributed by atoms with Crippen LogP contribution in [-0.2, 0) is 21.2 Å². The predicted octanol–water partition coefficient (Wildman–Crippen LogP) is 3.21. The highest BCUT2D eigenvalue weighted by Gasteiger charge is 2.33. The lowest BCUT2D eigenvalue weighted by Gasteiger charge is -2.21. The Balaban J connectivity index is 2.14. The Morgan fingerprint density at radius 1 is 1.06 bits per heavy atom. The second-order valence-electron chi connectivity index (χ2n) is 7.06. The number of aryl methyl sites for hydroxylation is 1. The molecule has 0 aliphatic carbocycles. The van der Waals surface area contributed by atoms with E-state index >= 15 is 0 Å². The molecule has 2 N–H and O–H groups in total. The maximum atomic E-state index is 13.1. The molecule has 0 saturated heterocycles. The molecule has 31 heavy (non-hydrogen) atoms. The predicted molar refractivity (Wildman–Crippen MR) is 116 cm³/mol. The van der Waals surface area contributed by atoms with Crippen molar-refractivity contribution >= 4 is 21.9 Å². The molecule has 2 aromatic carbocycles. The molecule has 0 fully saturated rings. The molecule has 0 radical (unpaired) electrons. The van der Waals surface area contributed by atoms with Gasteiger partial charge in [-0.15, -0.1) is 0 Å². The highest BCUT2D eigenvalue weighted by molar-refractivity contribution is 7.90. The summed E-state index contributed by atoms with van der Waals surface area (Å²) in [6, 6.07) is 17.8. The van der Waals surface area contributed by atoms with Crippen molar-refractivity contribution in [2.45, 2.75) is 32.1 Å². The minimum absolute atomic E-state index is 0.257. The van der Waals surface area contributed by atoms with Crippen molar-refractivity contribution in [2.75, 3.05) is 0 Å². The van der Waals surface area contributed by atoms with Crippen molar-refractivity contribution in [3.63, 3.8) is 0 Å². The van der Waals surface area contributed by atoms with Crippen molar-refractivity contribution in [1.29, 1.82) is 0 Å². The first-order valence-electron chi connectivity index (χ1n) is 9.72. The molecule has 9 heteroatoms. The minimum atomic E-state index is -4.25. The van der Waals surface area contributed by atoms with Gasteiger partial charge in [-0.2, -0.15) is 5.10 Å². The Bertz CT molecular complexity index is 1190. The van der Waals surface area contributed by atoms with E-state index in [9.17, 15) is 23.1 Å². The molecule has 3 rings (SSSR count). The fraction of sp³-hybridized carbons (Fsp3) is 0.227. The van der Waals surface area contributed by atoms with E-state index in [1.165, 1.54) is 10.7 Å². The molecule has 1 atom stereocenters. The van der Waals surface area contributed by atoms with Gasteiger partial charge >= 0.3 is 5.97 Å². The normalized spacial score (nSPS) is 12.3. The van der Waals surface area contributed by atoms with Gasteiger partial charge in [0.1, 0.15) is 0 Å². The molecule has 0 bridgehead atoms. The Labute approximate surface area is 180 Å². The highest BCUT2D eigenvalue weighted by atomic mass is 32.2. The number of hydrogen-bond acceptors (Lipinski definition) is 5. The number of aromatic carboxylic acids is 1. The lowest BCUT2D eigenvalue weighted by Crippen LogP contribution is -2.37. The first-order valence-corrected chi connectivity index (χ1v) is 11.3. The molecule has 1 unspecified atom stereocenters. The number of hydrogen-bond donors (Lipinski definition) is 2. The molecule has 0 aliphatic rings. The summed E-state index contributed by atoms with van der Waals surface area (Å²) in [6.45, 7) is 3.00. The largest absolute Gasteiger partial charge is 0.476 e. The minimum Gasteiger partial charge on any atom is -0.476 e. The average molecular weight is 442 g/mol. The Morgan fingerprint density at radius 2 is 1.68 bits per heavy atom. The number of aromatic nitrogens is 2. The molecular formula is C22H23N3O5S. The van der Waals surface area contributed by atoms with Crippen LogP contribution in [0.1, 0.15) is 47.4 Å². The van der Waals surface area contributed by atoms with Gasteiger partial charge in [0.15, 0.2) is 11.1 Å². The number of sulfonamides is 1. The van der Waals surface area contributed by atoms with Gasteiger partial charge in [0, 0.05) is 12.6 Å². The lowest BCUT2D eigenvalue weighted by molar-refractivity contribution is -0.117. The van der Waals surface area contributed by atoms with Crippen LogP contribution in [0.5, 0.6) is 0 Å². The van der Waals surface area contributed by atoms with E-state index in [2.05, 4.69) is 5.10 Å². The van der Waals surface area contributed by atoms with Crippen LogP contribution in [0.15, 0.2) is 60.7 Å². The highest BCUT2D eigenvalue weighted by Crippen LogP contribution is 2.29. The number of carbonyl (C=O) groups is 2. The first kappa shape index (κ1) is 22.2. The first-order chi connectivity index (χ1) is 14.7. The maximum absolute atomic E-state index is 13.1. The fourth-order valence-electron chi connectivity index (χ4n) is 3.36. The number of carboxylic acids is 1. The number of rotatable bonds is 8. The van der Waals surface area contributed by atoms with E-state index in [1.807, 2.05) is 42.0 Å². The average Bonchev–Trinajstić information content (AvgIpc) is 3.12. The second kappa shape index (κ2) is 9.13. The summed E-state index contributed by atoms with van der Waals surface area (Å²) < 4.78 is 29.4. The van der Waals surface area contributed by atoms with E-state index in [-0.39, 0.29) is 5.69 Å². The van der Waals surface area contributed by atoms with Crippen LogP contribution in [0.3, 0.4) is 0 Å². The Morgan fingerprint density at radius 3 is 2.23 bits per heavy atom. The van der Waals surface area contributed by atoms with E-state index in [0.29, 0.717) is 24.1 Å². The third kappa shape index (κ3) is 5.00. The quantitative estimate of drug-likeness (QED) is 0.554. The topological polar surface area (TPSA) is 118 Å². The number of amides is 1. The SMILES string of the molecule is CCCc1cc(C(=O)O)nn1C(c1ccc(-c2ccccc2)cc1)S(=O)(=O)NC(C)=O. The van der Waals surface area contributed by atoms with Crippen LogP contribution in [0, 0.1) is 0 Å². The maximum Gasteiger partial charge on any atom is 0.356 e. The van der Waals surface area contributed by atoms with E-state index < -0.39 is 27.3 Å². The number of carboxylic acid groups (broad SMARTS) is 1. The molecule has 0 aliphatic heterocycles. The molecule has 0 spiro atoms. The zero-order valence-electron chi connectivity index (χ0n) is 17.1. The summed E-state index contributed by atoms with van der Waals surface area (Å²) in [5, 5.41) is 12.0. The summed E-state index contributed by atoms with van der Waals surface area (Å²) in [5.41, 5.74) is 2.40. The van der Waals surface area contributed by atoms with Crippen LogP contribution in [0.4, 0.5) is 0 Å². The van der Waals surface area contributed by atoms with Crippen LogP contribution >= 0.6 is 0 Å². The van der Waals surface area contributed by atoms with Crippen LogP contribution in [-0.4, -0.2) is 35.2 Å². The molecule has 0 saturated carbocycles. The van der Waals surface area contributed by atoms with Gasteiger partial charge in [-0.1, -0.05) is 67.9 Å². The third-order valence-electron chi connectivity index (χ3n) is 4.64. The molecule has 162 valence electrons. The fourth-order valence-corrected chi connectivity index (χ4v) is 4.84. The van der Waals surface area contributed by atoms with Gasteiger partial charge in [0.2, 0.25) is 5.91 Å². The van der Waals surface area contributed by atoms with Crippen molar-refractivity contribution in [2.24, 2.45) is 0 Å². The molecular weight excluding hydrogens is 418 g/mol. The molecule has 1 amide bonds. The number of nitrogens with zero attached hydrogens (tertiary/aromatic N) is 2. The monoisotopic (exact) mass is 441 g/mol. The Hall–Kier alpha value is -3.46. The molecule has 1 heterocycles. The van der Waals surface area contributed by atoms with Crippen molar-refractivity contribution in [3.05, 3.63) is 77.6 Å². The van der Waals surface area contributed by atoms with Gasteiger partial charge < -0.3 is 5.11 Å². The zero-order valence-corrected chi connectivity index (χ0v) is 18.0. The van der Waals surface area contributed by atoms with Gasteiger partial charge in [0.05, 0.1) is 0 Å². The van der Waals surface area contributed by atoms with Crippen molar-refractivity contribution in [3.8, 4) is 11.1 Å². The van der Waals surface area contributed by atoms with Crippen LogP contribution < -0.4 is 4.72 Å². The molecule has 3 aromatic rings. The zero-order chi connectivity index (χ0) is 22.6. The summed E-state index contributed by atoms with van der Waals surface area (Å²) in [7, 11) is -4.25. The summed E-state index contributed by atoms with van der Waals surface area (Å²) >= 11 is 0. The summed E-state index contributed by atoms with van der Waals surface area (Å²) in [5.74, 6) is -2.00. The number of carbonyl (C=O) groups excluding carboxylic acids is 1. The van der Waals surface area contributed by atoms with Crippen molar-refractivity contribution in [1.82, 2.24) is 14.5 Å². The number of nitrogens with one attached hydrogen (secondary N) is 1. The van der Waals surface area contributed by atoms with Crippen molar-refractivity contribution < 1.29 is 23.1 Å². The van der Waals surface area contributed by atoms with Gasteiger partial charge in [0.25, 0.3) is 10.0 Å². The molecule has 8 nitrogen and oxygen atoms in total. The standard InChI is InChI=1S/C22H23N3O5S/c1-3-7-19-14-20(22(27)28)23-25(19)21(31(29,30)24-15(2)26)18-12-10-17(11-13-18)16-8-5-4-6-9-16/h4-6,8-14,21H,3,7H2,1-2H3,(H,24,26)(H,27,28). The van der Waals surface area contributed by atoms with Crippen LogP contribution in [0.2, 0.25) is 0 Å². The van der Waals surface area contributed by atoms with Gasteiger partial charge in [-0.25, -0.2) is 17.9 Å². The van der Waals surface area contributed by atoms with E-state index in [4.69, 9.17) is 0 Å². The van der Waals surface area contributed by atoms with Gasteiger partial charge in [-0.05, 0) is 29.2 Å².